The van der Waals surface area contributed by atoms with Crippen molar-refractivity contribution in [2.24, 2.45) is 0 Å². The van der Waals surface area contributed by atoms with E-state index >= 15 is 0 Å². The minimum absolute atomic E-state index is 0.218. The van der Waals surface area contributed by atoms with Gasteiger partial charge in [-0.2, -0.15) is 0 Å². The lowest BCUT2D eigenvalue weighted by atomic mass is 9.99. The second-order valence-corrected chi connectivity index (χ2v) is 8.11. The van der Waals surface area contributed by atoms with Gasteiger partial charge in [0, 0.05) is 11.6 Å². The number of esters is 1. The average Bonchev–Trinajstić information content (AvgIpc) is 3.52. The van der Waals surface area contributed by atoms with Gasteiger partial charge in [0.05, 0.1) is 18.0 Å². The highest BCUT2D eigenvalue weighted by Gasteiger charge is 2.26. The van der Waals surface area contributed by atoms with Gasteiger partial charge < -0.3 is 4.74 Å². The van der Waals surface area contributed by atoms with Crippen LogP contribution >= 0.6 is 11.8 Å². The van der Waals surface area contributed by atoms with Gasteiger partial charge in [-0.1, -0.05) is 42.1 Å². The lowest BCUT2D eigenvalue weighted by Crippen LogP contribution is -2.08. The number of ether oxygens (including phenoxy) is 1. The molecule has 0 spiro atoms. The first-order valence-corrected chi connectivity index (χ1v) is 10.9. The molecule has 4 aromatic rings. The largest absolute Gasteiger partial charge is 0.465 e. The number of hydrogen-bond acceptors (Lipinski definition) is 5. The summed E-state index contributed by atoms with van der Waals surface area (Å²) in [5.41, 5.74) is 4.07. The number of imidazole rings is 1. The van der Waals surface area contributed by atoms with Crippen molar-refractivity contribution in [3.05, 3.63) is 60.3 Å². The third-order valence-electron chi connectivity index (χ3n) is 5.20. The van der Waals surface area contributed by atoms with E-state index in [1.807, 2.05) is 19.1 Å². The molecule has 5 nitrogen and oxygen atoms in total. The van der Waals surface area contributed by atoms with Gasteiger partial charge in [0.25, 0.3) is 0 Å². The Balaban J connectivity index is 1.67. The smallest absolute Gasteiger partial charge is 0.316 e. The minimum atomic E-state index is -0.238. The summed E-state index contributed by atoms with van der Waals surface area (Å²) in [4.78, 5) is 21.3. The maximum atomic E-state index is 11.9. The number of nitrogens with zero attached hydrogens (tertiary/aromatic N) is 3. The normalized spacial score (nSPS) is 13.8. The first kappa shape index (κ1) is 18.2. The number of rotatable bonds is 6. The van der Waals surface area contributed by atoms with Gasteiger partial charge in [-0.05, 0) is 54.8 Å². The quantitative estimate of drug-likeness (QED) is 0.331. The highest BCUT2D eigenvalue weighted by atomic mass is 32.2. The first-order chi connectivity index (χ1) is 14.3. The van der Waals surface area contributed by atoms with Crippen molar-refractivity contribution in [3.63, 3.8) is 0 Å². The number of carbonyl (C=O) groups excluding carboxylic acids is 1. The summed E-state index contributed by atoms with van der Waals surface area (Å²) in [5, 5.41) is 3.21. The summed E-state index contributed by atoms with van der Waals surface area (Å²) in [6, 6.07) is 16.8. The zero-order valence-electron chi connectivity index (χ0n) is 16.2. The molecule has 2 aromatic heterocycles. The molecule has 1 saturated carbocycles. The van der Waals surface area contributed by atoms with E-state index in [0.29, 0.717) is 12.5 Å². The van der Waals surface area contributed by atoms with E-state index in [-0.39, 0.29) is 11.7 Å². The number of hydrogen-bond donors (Lipinski definition) is 0. The van der Waals surface area contributed by atoms with E-state index < -0.39 is 0 Å². The van der Waals surface area contributed by atoms with Crippen LogP contribution in [0.4, 0.5) is 0 Å². The Morgan fingerprint density at radius 3 is 2.76 bits per heavy atom. The molecule has 2 aromatic carbocycles. The number of benzene rings is 2. The van der Waals surface area contributed by atoms with Crippen molar-refractivity contribution in [1.82, 2.24) is 14.5 Å². The molecule has 0 N–H and O–H groups in total. The Kier molecular flexibility index (Phi) is 4.72. The van der Waals surface area contributed by atoms with E-state index in [9.17, 15) is 4.79 Å². The molecule has 0 amide bonds. The molecule has 1 aliphatic rings. The lowest BCUT2D eigenvalue weighted by Gasteiger charge is -2.14. The Hall–Kier alpha value is -2.86. The topological polar surface area (TPSA) is 57.0 Å². The lowest BCUT2D eigenvalue weighted by molar-refractivity contribution is -0.139. The molecule has 6 heteroatoms. The van der Waals surface area contributed by atoms with Crippen molar-refractivity contribution in [1.29, 1.82) is 0 Å². The van der Waals surface area contributed by atoms with Gasteiger partial charge in [0.1, 0.15) is 5.52 Å². The summed E-state index contributed by atoms with van der Waals surface area (Å²) in [6.45, 7) is 2.19. The van der Waals surface area contributed by atoms with E-state index in [1.54, 1.807) is 6.20 Å². The molecule has 0 atom stereocenters. The SMILES string of the molecule is CCOC(=O)CSc1nc2cccnc2n1-c1ccc(C2CC2)c2ccccc12. The molecule has 0 radical (unpaired) electrons. The Bertz CT molecular complexity index is 1210. The summed E-state index contributed by atoms with van der Waals surface area (Å²) >= 11 is 1.38. The minimum Gasteiger partial charge on any atom is -0.465 e. The molecule has 0 saturated heterocycles. The van der Waals surface area contributed by atoms with E-state index in [4.69, 9.17) is 9.72 Å². The van der Waals surface area contributed by atoms with Gasteiger partial charge in [-0.25, -0.2) is 9.97 Å². The van der Waals surface area contributed by atoms with Gasteiger partial charge in [-0.15, -0.1) is 0 Å². The van der Waals surface area contributed by atoms with Crippen molar-refractivity contribution < 1.29 is 9.53 Å². The van der Waals surface area contributed by atoms with E-state index in [0.717, 1.165) is 22.0 Å². The fourth-order valence-corrected chi connectivity index (χ4v) is 4.59. The molecule has 1 fully saturated rings. The van der Waals surface area contributed by atoms with Gasteiger partial charge in [0.2, 0.25) is 0 Å². The monoisotopic (exact) mass is 403 g/mol. The predicted octanol–water partition coefficient (Wildman–Crippen LogP) is 5.11. The Morgan fingerprint density at radius 1 is 1.14 bits per heavy atom. The molecule has 0 bridgehead atoms. The highest BCUT2D eigenvalue weighted by Crippen LogP contribution is 2.44. The van der Waals surface area contributed by atoms with E-state index in [2.05, 4.69) is 45.9 Å². The van der Waals surface area contributed by atoms with Crippen molar-refractivity contribution >= 4 is 39.7 Å². The summed E-state index contributed by atoms with van der Waals surface area (Å²) < 4.78 is 7.16. The molecule has 5 rings (SSSR count). The van der Waals surface area contributed by atoms with Crippen LogP contribution in [-0.4, -0.2) is 32.9 Å². The van der Waals surface area contributed by atoms with Crippen molar-refractivity contribution in [3.8, 4) is 5.69 Å². The third kappa shape index (κ3) is 3.38. The average molecular weight is 404 g/mol. The van der Waals surface area contributed by atoms with Crippen LogP contribution in [0.3, 0.4) is 0 Å². The maximum Gasteiger partial charge on any atom is 0.316 e. The molecule has 2 heterocycles. The van der Waals surface area contributed by atoms with Gasteiger partial charge in [0.15, 0.2) is 10.8 Å². The molecule has 29 heavy (non-hydrogen) atoms. The fraction of sp³-hybridized carbons (Fsp3) is 0.261. The van der Waals surface area contributed by atoms with Crippen LogP contribution in [0.5, 0.6) is 0 Å². The van der Waals surface area contributed by atoms with Crippen LogP contribution < -0.4 is 0 Å². The molecular formula is C23H21N3O2S. The van der Waals surface area contributed by atoms with Crippen LogP contribution in [0, 0.1) is 0 Å². The van der Waals surface area contributed by atoms with Gasteiger partial charge >= 0.3 is 5.97 Å². The Morgan fingerprint density at radius 2 is 1.97 bits per heavy atom. The van der Waals surface area contributed by atoms with Crippen LogP contribution in [0.1, 0.15) is 31.2 Å². The summed E-state index contributed by atoms with van der Waals surface area (Å²) in [5.74, 6) is 0.650. The second kappa shape index (κ2) is 7.52. The molecule has 0 aliphatic heterocycles. The van der Waals surface area contributed by atoms with Crippen molar-refractivity contribution in [2.45, 2.75) is 30.8 Å². The van der Waals surface area contributed by atoms with Crippen molar-refractivity contribution in [2.75, 3.05) is 12.4 Å². The zero-order chi connectivity index (χ0) is 19.8. The first-order valence-electron chi connectivity index (χ1n) is 9.90. The maximum absolute atomic E-state index is 11.9. The zero-order valence-corrected chi connectivity index (χ0v) is 17.0. The molecule has 0 unspecified atom stereocenters. The number of carbonyl (C=O) groups is 1. The van der Waals surface area contributed by atoms with Crippen LogP contribution in [-0.2, 0) is 9.53 Å². The highest BCUT2D eigenvalue weighted by molar-refractivity contribution is 7.99. The second-order valence-electron chi connectivity index (χ2n) is 7.16. The molecule has 146 valence electrons. The van der Waals surface area contributed by atoms with Crippen LogP contribution in [0.2, 0.25) is 0 Å². The standard InChI is InChI=1S/C23H21N3O2S/c1-2-28-21(27)14-29-23-25-19-8-5-13-24-22(19)26(23)20-12-11-16(15-9-10-15)17-6-3-4-7-18(17)20/h3-8,11-13,15H,2,9-10,14H2,1H3. The predicted molar refractivity (Wildman–Crippen MR) is 116 cm³/mol. The number of pyridine rings is 1. The molecular weight excluding hydrogens is 382 g/mol. The Labute approximate surface area is 173 Å². The van der Waals surface area contributed by atoms with Gasteiger partial charge in [-0.3, -0.25) is 9.36 Å². The molecule has 1 aliphatic carbocycles. The van der Waals surface area contributed by atoms with E-state index in [1.165, 1.54) is 40.9 Å². The third-order valence-corrected chi connectivity index (χ3v) is 6.11. The number of thioether (sulfide) groups is 1. The number of fused-ring (bicyclic) bond motifs is 2. The van der Waals surface area contributed by atoms with Crippen LogP contribution in [0.25, 0.3) is 27.6 Å². The summed E-state index contributed by atoms with van der Waals surface area (Å²) in [6.07, 6.45) is 4.31. The number of aromatic nitrogens is 3. The fourth-order valence-electron chi connectivity index (χ4n) is 3.78. The van der Waals surface area contributed by atoms with Crippen LogP contribution in [0.15, 0.2) is 59.9 Å². The summed E-state index contributed by atoms with van der Waals surface area (Å²) in [7, 11) is 0.